The second kappa shape index (κ2) is 9.86. The lowest BCUT2D eigenvalue weighted by molar-refractivity contribution is -0.119. The zero-order chi connectivity index (χ0) is 21.7. The van der Waals surface area contributed by atoms with Gasteiger partial charge >= 0.3 is 6.61 Å². The van der Waals surface area contributed by atoms with Crippen molar-refractivity contribution in [3.8, 4) is 0 Å². The lowest BCUT2D eigenvalue weighted by Crippen LogP contribution is -2.19. The molecule has 160 valence electrons. The van der Waals surface area contributed by atoms with E-state index < -0.39 is 6.61 Å². The molecule has 0 aliphatic carbocycles. The molecule has 3 aromatic rings. The fraction of sp³-hybridized carbons (Fsp3) is 0.400. The van der Waals surface area contributed by atoms with Gasteiger partial charge in [-0.25, -0.2) is 15.0 Å². The van der Waals surface area contributed by atoms with Crippen LogP contribution in [0.15, 0.2) is 35.7 Å². The molecule has 0 saturated carbocycles. The fourth-order valence-electron chi connectivity index (χ4n) is 3.00. The number of anilines is 1. The Balaban J connectivity index is 2.02. The zero-order valence-corrected chi connectivity index (χ0v) is 17.7. The number of fused-ring (bicyclic) bond motifs is 3. The van der Waals surface area contributed by atoms with Gasteiger partial charge in [-0.05, 0) is 12.8 Å². The Labute approximate surface area is 176 Å². The lowest BCUT2D eigenvalue weighted by Gasteiger charge is -2.10. The molecule has 0 aliphatic rings. The van der Waals surface area contributed by atoms with E-state index in [1.165, 1.54) is 34.6 Å². The smallest absolute Gasteiger partial charge is 0.345 e. The largest absolute Gasteiger partial charge is 0.370 e. The number of hydrogen-bond acceptors (Lipinski definition) is 7. The molecule has 0 atom stereocenters. The van der Waals surface area contributed by atoms with Gasteiger partial charge in [0.2, 0.25) is 0 Å². The number of thiophene rings is 1. The summed E-state index contributed by atoms with van der Waals surface area (Å²) in [5.74, 6) is 0.834. The number of hydrogen-bond donors (Lipinski definition) is 1. The highest BCUT2D eigenvalue weighted by molar-refractivity contribution is 7.25. The predicted molar refractivity (Wildman–Crippen MR) is 116 cm³/mol. The standard InChI is InChI=1S/C20H23F2N5O2S/c1-4-23-17-14-15-16(30-18(14)25-10-24-17)19(28)27(11-26-15)13(9-12(2)3)7-5-6-8-29-20(21)22/h5-6,9-12,20H,4,7-8H2,1-3H3,(H,23,24,25)/b6-5-,13-9+. The summed E-state index contributed by atoms with van der Waals surface area (Å²) < 4.78 is 30.4. The first-order valence-electron chi connectivity index (χ1n) is 9.56. The number of aromatic nitrogens is 4. The van der Waals surface area contributed by atoms with Crippen molar-refractivity contribution >= 4 is 43.3 Å². The molecule has 0 fully saturated rings. The molecular formula is C20H23F2N5O2S. The van der Waals surface area contributed by atoms with Crippen LogP contribution in [-0.4, -0.2) is 39.3 Å². The van der Waals surface area contributed by atoms with E-state index in [0.29, 0.717) is 39.5 Å². The summed E-state index contributed by atoms with van der Waals surface area (Å²) >= 11 is 1.28. The first-order chi connectivity index (χ1) is 14.4. The maximum atomic E-state index is 13.2. The van der Waals surface area contributed by atoms with Crippen molar-refractivity contribution in [1.29, 1.82) is 0 Å². The zero-order valence-electron chi connectivity index (χ0n) is 16.9. The molecule has 3 rings (SSSR count). The van der Waals surface area contributed by atoms with E-state index in [2.05, 4.69) is 25.0 Å². The van der Waals surface area contributed by atoms with Crippen LogP contribution in [0.25, 0.3) is 26.1 Å². The van der Waals surface area contributed by atoms with Crippen molar-refractivity contribution in [1.82, 2.24) is 19.5 Å². The summed E-state index contributed by atoms with van der Waals surface area (Å²) in [6.45, 7) is 3.64. The van der Waals surface area contributed by atoms with E-state index in [1.54, 1.807) is 6.08 Å². The molecule has 0 spiro atoms. The highest BCUT2D eigenvalue weighted by atomic mass is 32.1. The van der Waals surface area contributed by atoms with E-state index >= 15 is 0 Å². The van der Waals surface area contributed by atoms with Crippen molar-refractivity contribution in [2.45, 2.75) is 33.8 Å². The third-order valence-electron chi connectivity index (χ3n) is 4.17. The van der Waals surface area contributed by atoms with E-state index in [0.717, 1.165) is 5.39 Å². The predicted octanol–water partition coefficient (Wildman–Crippen LogP) is 4.52. The Hall–Kier alpha value is -2.72. The number of alkyl halides is 2. The monoisotopic (exact) mass is 435 g/mol. The molecule has 3 aromatic heterocycles. The molecule has 0 unspecified atom stereocenters. The van der Waals surface area contributed by atoms with Crippen LogP contribution in [0.1, 0.15) is 27.2 Å². The maximum absolute atomic E-state index is 13.2. The van der Waals surface area contributed by atoms with Crippen LogP contribution in [-0.2, 0) is 4.74 Å². The maximum Gasteiger partial charge on any atom is 0.345 e. The van der Waals surface area contributed by atoms with E-state index in [-0.39, 0.29) is 18.1 Å². The molecule has 30 heavy (non-hydrogen) atoms. The second-order valence-corrected chi connectivity index (χ2v) is 7.80. The van der Waals surface area contributed by atoms with Crippen LogP contribution >= 0.6 is 11.3 Å². The first-order valence-corrected chi connectivity index (χ1v) is 10.4. The van der Waals surface area contributed by atoms with Gasteiger partial charge in [0.25, 0.3) is 5.56 Å². The molecule has 0 radical (unpaired) electrons. The SMILES string of the molecule is CCNc1ncnc2sc3c(=O)n(/C(=C/C(C)C)C/C=C\COC(F)F)cnc3c12. The van der Waals surface area contributed by atoms with Gasteiger partial charge in [-0.2, -0.15) is 8.78 Å². The van der Waals surface area contributed by atoms with E-state index in [1.807, 2.05) is 26.8 Å². The highest BCUT2D eigenvalue weighted by Crippen LogP contribution is 2.33. The van der Waals surface area contributed by atoms with Crippen LogP contribution in [0.2, 0.25) is 0 Å². The van der Waals surface area contributed by atoms with Gasteiger partial charge in [0, 0.05) is 18.7 Å². The normalized spacial score (nSPS) is 12.8. The average molecular weight is 436 g/mol. The van der Waals surface area contributed by atoms with Crippen molar-refractivity contribution in [2.24, 2.45) is 5.92 Å². The minimum Gasteiger partial charge on any atom is -0.370 e. The van der Waals surface area contributed by atoms with Crippen molar-refractivity contribution in [2.75, 3.05) is 18.5 Å². The summed E-state index contributed by atoms with van der Waals surface area (Å²) in [4.78, 5) is 27.0. The van der Waals surface area contributed by atoms with Crippen LogP contribution < -0.4 is 10.9 Å². The Bertz CT molecular complexity index is 1140. The van der Waals surface area contributed by atoms with Crippen molar-refractivity contribution in [3.05, 3.63) is 41.2 Å². The number of nitrogens with zero attached hydrogens (tertiary/aromatic N) is 4. The average Bonchev–Trinajstić information content (AvgIpc) is 3.07. The van der Waals surface area contributed by atoms with Crippen LogP contribution in [0.4, 0.5) is 14.6 Å². The molecule has 0 aromatic carbocycles. The van der Waals surface area contributed by atoms with Gasteiger partial charge in [0.1, 0.15) is 33.5 Å². The van der Waals surface area contributed by atoms with Gasteiger partial charge < -0.3 is 10.1 Å². The lowest BCUT2D eigenvalue weighted by atomic mass is 10.1. The number of ether oxygens (including phenoxy) is 1. The minimum absolute atomic E-state index is 0.182. The first kappa shape index (κ1) is 22.0. The summed E-state index contributed by atoms with van der Waals surface area (Å²) in [5.41, 5.74) is 1.08. The highest BCUT2D eigenvalue weighted by Gasteiger charge is 2.17. The second-order valence-electron chi connectivity index (χ2n) is 6.80. The molecule has 0 amide bonds. The van der Waals surface area contributed by atoms with Crippen molar-refractivity contribution < 1.29 is 13.5 Å². The Morgan fingerprint density at radius 2 is 2.10 bits per heavy atom. The molecule has 0 bridgehead atoms. The molecule has 10 heteroatoms. The van der Waals surface area contributed by atoms with Crippen LogP contribution in [0, 0.1) is 5.92 Å². The molecular weight excluding hydrogens is 412 g/mol. The van der Waals surface area contributed by atoms with Gasteiger partial charge in [-0.15, -0.1) is 11.3 Å². The summed E-state index contributed by atoms with van der Waals surface area (Å²) in [6, 6.07) is 0. The molecule has 1 N–H and O–H groups in total. The van der Waals surface area contributed by atoms with Gasteiger partial charge in [0.05, 0.1) is 12.0 Å². The molecule has 0 saturated heterocycles. The van der Waals surface area contributed by atoms with Gasteiger partial charge in [0.15, 0.2) is 0 Å². The third kappa shape index (κ3) is 4.88. The molecule has 0 aliphatic heterocycles. The topological polar surface area (TPSA) is 81.9 Å². The summed E-state index contributed by atoms with van der Waals surface area (Å²) in [5, 5.41) is 3.92. The third-order valence-corrected chi connectivity index (χ3v) is 5.24. The fourth-order valence-corrected chi connectivity index (χ4v) is 4.03. The number of rotatable bonds is 9. The Morgan fingerprint density at radius 3 is 2.80 bits per heavy atom. The molecule has 3 heterocycles. The Morgan fingerprint density at radius 1 is 1.30 bits per heavy atom. The van der Waals surface area contributed by atoms with Gasteiger partial charge in [-0.3, -0.25) is 9.36 Å². The number of halogens is 2. The van der Waals surface area contributed by atoms with E-state index in [9.17, 15) is 13.6 Å². The number of allylic oxidation sites excluding steroid dienone is 3. The van der Waals surface area contributed by atoms with E-state index in [4.69, 9.17) is 0 Å². The Kier molecular flexibility index (Phi) is 7.22. The summed E-state index contributed by atoms with van der Waals surface area (Å²) in [7, 11) is 0. The molecule has 7 nitrogen and oxygen atoms in total. The van der Waals surface area contributed by atoms with Gasteiger partial charge in [-0.1, -0.05) is 32.1 Å². The summed E-state index contributed by atoms with van der Waals surface area (Å²) in [6.07, 6.45) is 8.50. The number of nitrogens with one attached hydrogen (secondary N) is 1. The minimum atomic E-state index is -2.81. The van der Waals surface area contributed by atoms with Crippen LogP contribution in [0.3, 0.4) is 0 Å². The van der Waals surface area contributed by atoms with Crippen LogP contribution in [0.5, 0.6) is 0 Å². The van der Waals surface area contributed by atoms with Crippen molar-refractivity contribution in [3.63, 3.8) is 0 Å². The quantitative estimate of drug-likeness (QED) is 0.498.